The lowest BCUT2D eigenvalue weighted by molar-refractivity contribution is -0.384. The number of imide groups is 2. The maximum absolute atomic E-state index is 12.6. The number of thioether (sulfide) groups is 2. The van der Waals surface area contributed by atoms with Gasteiger partial charge in [0, 0.05) is 43.6 Å². The molecule has 2 aliphatic rings. The van der Waals surface area contributed by atoms with E-state index < -0.39 is 27.1 Å². The number of nitro benzene ring substituents is 1. The van der Waals surface area contributed by atoms with Crippen molar-refractivity contribution >= 4 is 58.0 Å². The lowest BCUT2D eigenvalue weighted by atomic mass is 10.2. The lowest BCUT2D eigenvalue weighted by Crippen LogP contribution is -2.37. The molecule has 0 N–H and O–H groups in total. The molecule has 3 rings (SSSR count). The third-order valence-electron chi connectivity index (χ3n) is 5.02. The molecule has 164 valence electrons. The monoisotopic (exact) mass is 465 g/mol. The third kappa shape index (κ3) is 4.96. The fourth-order valence-electron chi connectivity index (χ4n) is 3.36. The van der Waals surface area contributed by atoms with Crippen LogP contribution in [-0.2, 0) is 19.2 Å². The van der Waals surface area contributed by atoms with Gasteiger partial charge in [0.2, 0.25) is 28.7 Å². The highest BCUT2D eigenvalue weighted by Crippen LogP contribution is 2.29. The summed E-state index contributed by atoms with van der Waals surface area (Å²) in [5.74, 6) is -1.42. The summed E-state index contributed by atoms with van der Waals surface area (Å²) in [4.78, 5) is 73.6. The summed E-state index contributed by atoms with van der Waals surface area (Å²) in [6.45, 7) is 0.187. The molecule has 12 heteroatoms. The highest BCUT2D eigenvalue weighted by atomic mass is 32.2. The van der Waals surface area contributed by atoms with Crippen molar-refractivity contribution in [1.29, 1.82) is 0 Å². The Kier molecular flexibility index (Phi) is 7.11. The molecule has 2 saturated heterocycles. The van der Waals surface area contributed by atoms with Gasteiger partial charge in [0.05, 0.1) is 10.2 Å². The quantitative estimate of drug-likeness (QED) is 0.318. The molecule has 1 aromatic carbocycles. The molecule has 2 atom stereocenters. The van der Waals surface area contributed by atoms with Crippen molar-refractivity contribution in [3.63, 3.8) is 0 Å². The second-order valence-corrected chi connectivity index (χ2v) is 9.17. The van der Waals surface area contributed by atoms with Gasteiger partial charge in [-0.25, -0.2) is 0 Å². The van der Waals surface area contributed by atoms with E-state index in [1.165, 1.54) is 36.0 Å². The number of nitro groups is 1. The van der Waals surface area contributed by atoms with E-state index in [-0.39, 0.29) is 60.7 Å². The first kappa shape index (κ1) is 22.9. The van der Waals surface area contributed by atoms with Gasteiger partial charge in [-0.2, -0.15) is 11.8 Å². The number of hydrogen-bond donors (Lipinski definition) is 0. The van der Waals surface area contributed by atoms with E-state index in [0.717, 1.165) is 9.80 Å². The normalized spacial score (nSPS) is 21.3. The Labute approximate surface area is 185 Å². The maximum atomic E-state index is 12.6. The van der Waals surface area contributed by atoms with Crippen molar-refractivity contribution in [2.24, 2.45) is 0 Å². The van der Waals surface area contributed by atoms with Crippen LogP contribution in [0.1, 0.15) is 29.6 Å². The first-order valence-electron chi connectivity index (χ1n) is 9.39. The van der Waals surface area contributed by atoms with E-state index in [1.54, 1.807) is 6.26 Å². The van der Waals surface area contributed by atoms with Crippen LogP contribution in [0, 0.1) is 10.1 Å². The second kappa shape index (κ2) is 9.60. The van der Waals surface area contributed by atoms with Crippen molar-refractivity contribution in [3.8, 4) is 0 Å². The van der Waals surface area contributed by atoms with Gasteiger partial charge in [0.25, 0.3) is 5.69 Å². The molecule has 0 bridgehead atoms. The number of hydrogen-bond acceptors (Lipinski definition) is 9. The Morgan fingerprint density at radius 1 is 1.00 bits per heavy atom. The summed E-state index contributed by atoms with van der Waals surface area (Å²) in [6, 6.07) is 5.01. The Morgan fingerprint density at radius 2 is 1.52 bits per heavy atom. The Morgan fingerprint density at radius 3 is 2.00 bits per heavy atom. The number of amides is 4. The van der Waals surface area contributed by atoms with E-state index in [1.807, 2.05) is 0 Å². The second-order valence-electron chi connectivity index (χ2n) is 6.95. The van der Waals surface area contributed by atoms with E-state index >= 15 is 0 Å². The number of benzene rings is 1. The molecule has 0 radical (unpaired) electrons. The topological polar surface area (TPSA) is 135 Å². The molecule has 2 unspecified atom stereocenters. The zero-order valence-electron chi connectivity index (χ0n) is 16.5. The smallest absolute Gasteiger partial charge is 0.269 e. The third-order valence-corrected chi connectivity index (χ3v) is 7.06. The van der Waals surface area contributed by atoms with Crippen molar-refractivity contribution in [2.75, 3.05) is 19.3 Å². The molecule has 0 spiro atoms. The first-order chi connectivity index (χ1) is 14.7. The predicted molar refractivity (Wildman–Crippen MR) is 113 cm³/mol. The van der Waals surface area contributed by atoms with Gasteiger partial charge in [-0.15, -0.1) is 0 Å². The summed E-state index contributed by atoms with van der Waals surface area (Å²) in [5.41, 5.74) is 0.0439. The van der Waals surface area contributed by atoms with Gasteiger partial charge in [-0.05, 0) is 24.8 Å². The number of carbonyl (C=O) groups excluding carboxylic acids is 5. The average molecular weight is 466 g/mol. The molecule has 0 saturated carbocycles. The number of non-ortho nitro benzene ring substituents is 1. The molecule has 2 fully saturated rings. The van der Waals surface area contributed by atoms with Crippen molar-refractivity contribution in [2.45, 2.75) is 29.8 Å². The van der Waals surface area contributed by atoms with Crippen LogP contribution >= 0.6 is 23.5 Å². The van der Waals surface area contributed by atoms with E-state index in [4.69, 9.17) is 0 Å². The Bertz CT molecular complexity index is 950. The van der Waals surface area contributed by atoms with E-state index in [2.05, 4.69) is 0 Å². The molecule has 0 aliphatic carbocycles. The standard InChI is InChI=1S/C19H19N3O7S2/c1-30-13-9-15(23)20(17(13)25)7-2-8-21-16(24)10-14(18(21)26)31-19(27)11-3-5-12(6-4-11)22(28)29/h3-6,13-14H,2,7-10H2,1H3. The molecule has 0 aromatic heterocycles. The maximum Gasteiger partial charge on any atom is 0.269 e. The molecule has 31 heavy (non-hydrogen) atoms. The molecule has 1 aromatic rings. The summed E-state index contributed by atoms with van der Waals surface area (Å²) in [6.07, 6.45) is 2.06. The van der Waals surface area contributed by atoms with Crippen LogP contribution in [0.25, 0.3) is 0 Å². The van der Waals surface area contributed by atoms with Gasteiger partial charge < -0.3 is 0 Å². The molecular formula is C19H19N3O7S2. The largest absolute Gasteiger partial charge is 0.282 e. The summed E-state index contributed by atoms with van der Waals surface area (Å²) in [7, 11) is 0. The van der Waals surface area contributed by atoms with Crippen molar-refractivity contribution in [1.82, 2.24) is 9.80 Å². The van der Waals surface area contributed by atoms with Crippen LogP contribution in [0.4, 0.5) is 5.69 Å². The number of carbonyl (C=O) groups is 5. The highest BCUT2D eigenvalue weighted by Gasteiger charge is 2.41. The molecule has 2 heterocycles. The van der Waals surface area contributed by atoms with Crippen LogP contribution in [0.5, 0.6) is 0 Å². The first-order valence-corrected chi connectivity index (χ1v) is 11.6. The van der Waals surface area contributed by atoms with Crippen LogP contribution < -0.4 is 0 Å². The minimum Gasteiger partial charge on any atom is -0.282 e. The van der Waals surface area contributed by atoms with Gasteiger partial charge in [0.15, 0.2) is 0 Å². The number of rotatable bonds is 8. The SMILES string of the molecule is CSC1CC(=O)N(CCCN2C(=O)CC(SC(=O)c3ccc([N+](=O)[O-])cc3)C2=O)C1=O. The number of nitrogens with zero attached hydrogens (tertiary/aromatic N) is 3. The molecule has 10 nitrogen and oxygen atoms in total. The lowest BCUT2D eigenvalue weighted by Gasteiger charge is -2.18. The fraction of sp³-hybridized carbons (Fsp3) is 0.421. The predicted octanol–water partition coefficient (Wildman–Crippen LogP) is 1.48. The van der Waals surface area contributed by atoms with Crippen LogP contribution in [0.3, 0.4) is 0 Å². The van der Waals surface area contributed by atoms with E-state index in [0.29, 0.717) is 11.8 Å². The molecule has 4 amide bonds. The van der Waals surface area contributed by atoms with Crippen LogP contribution in [-0.4, -0.2) is 73.3 Å². The fourth-order valence-corrected chi connectivity index (χ4v) is 4.98. The summed E-state index contributed by atoms with van der Waals surface area (Å²) >= 11 is 2.03. The summed E-state index contributed by atoms with van der Waals surface area (Å²) < 4.78 is 0. The summed E-state index contributed by atoms with van der Waals surface area (Å²) in [5, 5.41) is 8.99. The molecule has 2 aliphatic heterocycles. The Balaban J connectivity index is 1.53. The number of likely N-dealkylation sites (tertiary alicyclic amines) is 2. The minimum atomic E-state index is -0.869. The van der Waals surface area contributed by atoms with Crippen LogP contribution in [0.15, 0.2) is 24.3 Å². The van der Waals surface area contributed by atoms with Crippen LogP contribution in [0.2, 0.25) is 0 Å². The van der Waals surface area contributed by atoms with E-state index in [9.17, 15) is 34.1 Å². The van der Waals surface area contributed by atoms with Gasteiger partial charge >= 0.3 is 0 Å². The minimum absolute atomic E-state index is 0.0570. The van der Waals surface area contributed by atoms with Gasteiger partial charge in [0.1, 0.15) is 5.25 Å². The van der Waals surface area contributed by atoms with Crippen molar-refractivity contribution < 1.29 is 28.9 Å². The average Bonchev–Trinajstić information content (AvgIpc) is 3.17. The molecular weight excluding hydrogens is 446 g/mol. The highest BCUT2D eigenvalue weighted by molar-refractivity contribution is 8.15. The van der Waals surface area contributed by atoms with Crippen molar-refractivity contribution in [3.05, 3.63) is 39.9 Å². The zero-order chi connectivity index (χ0) is 22.7. The zero-order valence-corrected chi connectivity index (χ0v) is 18.1. The van der Waals surface area contributed by atoms with Gasteiger partial charge in [-0.3, -0.25) is 43.9 Å². The Hall–Kier alpha value is -2.73. The van der Waals surface area contributed by atoms with Gasteiger partial charge in [-0.1, -0.05) is 11.8 Å².